The molecule has 0 amide bonds. The third-order valence-corrected chi connectivity index (χ3v) is 4.28. The van der Waals surface area contributed by atoms with Crippen molar-refractivity contribution in [2.45, 2.75) is 18.9 Å². The molecule has 0 bridgehead atoms. The fourth-order valence-corrected chi connectivity index (χ4v) is 2.67. The summed E-state index contributed by atoms with van der Waals surface area (Å²) in [6.07, 6.45) is 2.61. The minimum absolute atomic E-state index is 0.565. The van der Waals surface area contributed by atoms with Gasteiger partial charge in [0.25, 0.3) is 0 Å². The van der Waals surface area contributed by atoms with Crippen molar-refractivity contribution in [3.8, 4) is 11.5 Å². The zero-order valence-electron chi connectivity index (χ0n) is 16.2. The Balaban J connectivity index is 1.59. The second-order valence-electron chi connectivity index (χ2n) is 6.21. The van der Waals surface area contributed by atoms with Crippen LogP contribution in [0.2, 0.25) is 0 Å². The number of nitrogens with one attached hydrogen (secondary N) is 2. The second kappa shape index (κ2) is 11.6. The highest BCUT2D eigenvalue weighted by atomic mass is 16.5. The van der Waals surface area contributed by atoms with Crippen LogP contribution < -0.4 is 20.1 Å². The zero-order chi connectivity index (χ0) is 18.6. The Morgan fingerprint density at radius 1 is 1.04 bits per heavy atom. The largest absolute Gasteiger partial charge is 0.497 e. The minimum atomic E-state index is 0.565. The number of hydrogen-bond donors (Lipinski definition) is 2. The minimum Gasteiger partial charge on any atom is -0.497 e. The van der Waals surface area contributed by atoms with E-state index in [1.807, 2.05) is 24.3 Å². The van der Waals surface area contributed by atoms with Crippen LogP contribution in [0.25, 0.3) is 0 Å². The summed E-state index contributed by atoms with van der Waals surface area (Å²) < 4.78 is 16.0. The van der Waals surface area contributed by atoms with Gasteiger partial charge in [0.15, 0.2) is 5.96 Å². The van der Waals surface area contributed by atoms with Gasteiger partial charge >= 0.3 is 0 Å². The van der Waals surface area contributed by atoms with E-state index in [-0.39, 0.29) is 0 Å². The van der Waals surface area contributed by atoms with Crippen LogP contribution in [0.5, 0.6) is 11.5 Å². The molecule has 26 heavy (non-hydrogen) atoms. The molecule has 1 aromatic carbocycles. The Kier molecular flexibility index (Phi) is 9.06. The van der Waals surface area contributed by atoms with Gasteiger partial charge < -0.3 is 24.8 Å². The maximum Gasteiger partial charge on any atom is 0.191 e. The van der Waals surface area contributed by atoms with Gasteiger partial charge in [-0.3, -0.25) is 9.89 Å². The first-order valence-corrected chi connectivity index (χ1v) is 9.21. The molecule has 0 aliphatic heterocycles. The predicted molar refractivity (Wildman–Crippen MR) is 104 cm³/mol. The van der Waals surface area contributed by atoms with E-state index in [0.717, 1.165) is 49.7 Å². The lowest BCUT2D eigenvalue weighted by Crippen LogP contribution is -2.43. The fourth-order valence-electron chi connectivity index (χ4n) is 2.67. The first-order valence-electron chi connectivity index (χ1n) is 9.21. The molecule has 0 aromatic heterocycles. The van der Waals surface area contributed by atoms with Crippen LogP contribution in [0.15, 0.2) is 29.3 Å². The van der Waals surface area contributed by atoms with Gasteiger partial charge in [-0.1, -0.05) is 0 Å². The van der Waals surface area contributed by atoms with Gasteiger partial charge in [0.1, 0.15) is 18.1 Å². The highest BCUT2D eigenvalue weighted by Gasteiger charge is 2.28. The number of nitrogens with zero attached hydrogens (tertiary/aromatic N) is 2. The lowest BCUT2D eigenvalue weighted by molar-refractivity contribution is 0.144. The summed E-state index contributed by atoms with van der Waals surface area (Å²) in [5, 5.41) is 6.63. The Labute approximate surface area is 156 Å². The van der Waals surface area contributed by atoms with Crippen molar-refractivity contribution in [3.05, 3.63) is 24.3 Å². The summed E-state index contributed by atoms with van der Waals surface area (Å²) in [7, 11) is 5.19. The number of ether oxygens (including phenoxy) is 3. The van der Waals surface area contributed by atoms with E-state index in [2.05, 4.69) is 20.5 Å². The molecule has 7 heteroatoms. The standard InChI is InChI=1S/C19H32N4O3/c1-20-19(21-10-12-23(13-15-24-2)16-4-5-16)22-11-14-26-18-8-6-17(25-3)7-9-18/h6-9,16H,4-5,10-15H2,1-3H3,(H2,20,21,22). The highest BCUT2D eigenvalue weighted by molar-refractivity contribution is 5.79. The Morgan fingerprint density at radius 3 is 2.35 bits per heavy atom. The maximum atomic E-state index is 5.70. The lowest BCUT2D eigenvalue weighted by Gasteiger charge is -2.22. The van der Waals surface area contributed by atoms with E-state index < -0.39 is 0 Å². The second-order valence-corrected chi connectivity index (χ2v) is 6.21. The molecule has 1 aliphatic carbocycles. The first-order chi connectivity index (χ1) is 12.8. The van der Waals surface area contributed by atoms with Gasteiger partial charge in [0, 0.05) is 39.8 Å². The molecule has 1 aromatic rings. The Hall–Kier alpha value is -1.99. The van der Waals surface area contributed by atoms with Crippen LogP contribution in [0.3, 0.4) is 0 Å². The van der Waals surface area contributed by atoms with Crippen molar-refractivity contribution in [3.63, 3.8) is 0 Å². The SMILES string of the molecule is CN=C(NCCOc1ccc(OC)cc1)NCCN(CCOC)C1CC1. The highest BCUT2D eigenvalue weighted by Crippen LogP contribution is 2.25. The van der Waals surface area contributed by atoms with E-state index in [1.54, 1.807) is 21.3 Å². The van der Waals surface area contributed by atoms with Gasteiger partial charge in [-0.05, 0) is 37.1 Å². The van der Waals surface area contributed by atoms with Crippen molar-refractivity contribution in [2.75, 3.05) is 60.7 Å². The fraction of sp³-hybridized carbons (Fsp3) is 0.632. The molecule has 2 N–H and O–H groups in total. The number of aliphatic imine (C=N–C) groups is 1. The average molecular weight is 364 g/mol. The third kappa shape index (κ3) is 7.49. The molecule has 7 nitrogen and oxygen atoms in total. The van der Waals surface area contributed by atoms with Crippen LogP contribution in [-0.2, 0) is 4.74 Å². The van der Waals surface area contributed by atoms with E-state index >= 15 is 0 Å². The summed E-state index contributed by atoms with van der Waals surface area (Å²) in [6, 6.07) is 8.31. The molecule has 1 fully saturated rings. The summed E-state index contributed by atoms with van der Waals surface area (Å²) in [4.78, 5) is 6.74. The van der Waals surface area contributed by atoms with Crippen molar-refractivity contribution in [2.24, 2.45) is 4.99 Å². The van der Waals surface area contributed by atoms with Crippen molar-refractivity contribution in [1.82, 2.24) is 15.5 Å². The molecule has 0 saturated heterocycles. The summed E-state index contributed by atoms with van der Waals surface area (Å²) in [6.45, 7) is 4.88. The van der Waals surface area contributed by atoms with Gasteiger partial charge in [-0.25, -0.2) is 0 Å². The van der Waals surface area contributed by atoms with Crippen LogP contribution in [0, 0.1) is 0 Å². The normalized spacial score (nSPS) is 14.4. The van der Waals surface area contributed by atoms with Crippen molar-refractivity contribution in [1.29, 1.82) is 0 Å². The molecular formula is C19H32N4O3. The molecule has 0 heterocycles. The summed E-state index contributed by atoms with van der Waals surface area (Å²) in [5.41, 5.74) is 0. The van der Waals surface area contributed by atoms with Crippen LogP contribution >= 0.6 is 0 Å². The molecule has 0 spiro atoms. The summed E-state index contributed by atoms with van der Waals surface area (Å²) >= 11 is 0. The van der Waals surface area contributed by atoms with Crippen molar-refractivity contribution >= 4 is 5.96 Å². The van der Waals surface area contributed by atoms with E-state index in [1.165, 1.54) is 12.8 Å². The number of benzene rings is 1. The quantitative estimate of drug-likeness (QED) is 0.332. The Bertz CT molecular complexity index is 532. The molecule has 2 rings (SSSR count). The predicted octanol–water partition coefficient (Wildman–Crippen LogP) is 1.35. The molecule has 0 unspecified atom stereocenters. The maximum absolute atomic E-state index is 5.70. The number of guanidine groups is 1. The van der Waals surface area contributed by atoms with Gasteiger partial charge in [-0.15, -0.1) is 0 Å². The van der Waals surface area contributed by atoms with Crippen LogP contribution in [-0.4, -0.2) is 77.6 Å². The van der Waals surface area contributed by atoms with E-state index in [9.17, 15) is 0 Å². The molecule has 1 aliphatic rings. The monoisotopic (exact) mass is 364 g/mol. The van der Waals surface area contributed by atoms with E-state index in [0.29, 0.717) is 13.2 Å². The van der Waals surface area contributed by atoms with Gasteiger partial charge in [0.05, 0.1) is 20.3 Å². The van der Waals surface area contributed by atoms with E-state index in [4.69, 9.17) is 14.2 Å². The molecular weight excluding hydrogens is 332 g/mol. The topological polar surface area (TPSA) is 67.4 Å². The third-order valence-electron chi connectivity index (χ3n) is 4.28. The number of rotatable bonds is 12. The molecule has 0 radical (unpaired) electrons. The average Bonchev–Trinajstić information content (AvgIpc) is 3.51. The van der Waals surface area contributed by atoms with Crippen molar-refractivity contribution < 1.29 is 14.2 Å². The Morgan fingerprint density at radius 2 is 1.73 bits per heavy atom. The van der Waals surface area contributed by atoms with Gasteiger partial charge in [-0.2, -0.15) is 0 Å². The van der Waals surface area contributed by atoms with Crippen LogP contribution in [0.1, 0.15) is 12.8 Å². The van der Waals surface area contributed by atoms with Crippen LogP contribution in [0.4, 0.5) is 0 Å². The summed E-state index contributed by atoms with van der Waals surface area (Å²) in [5.74, 6) is 2.45. The molecule has 1 saturated carbocycles. The van der Waals surface area contributed by atoms with Gasteiger partial charge in [0.2, 0.25) is 0 Å². The smallest absolute Gasteiger partial charge is 0.191 e. The molecule has 0 atom stereocenters. The lowest BCUT2D eigenvalue weighted by atomic mass is 10.3. The zero-order valence-corrected chi connectivity index (χ0v) is 16.2. The first kappa shape index (κ1) is 20.3. The molecule has 146 valence electrons. The number of methoxy groups -OCH3 is 2. The number of hydrogen-bond acceptors (Lipinski definition) is 5.